The molecule has 2 aromatic rings. The van der Waals surface area contributed by atoms with Crippen molar-refractivity contribution in [1.82, 2.24) is 4.98 Å². The molecule has 5 heteroatoms. The number of aryl methyl sites for hydroxylation is 1. The number of rotatable bonds is 5. The molecule has 0 aliphatic heterocycles. The zero-order valence-electron chi connectivity index (χ0n) is 10.9. The number of nitrogens with zero attached hydrogens (tertiary/aromatic N) is 1. The molecule has 1 unspecified atom stereocenters. The molecule has 2 N–H and O–H groups in total. The minimum Gasteiger partial charge on any atom is -0.478 e. The highest BCUT2D eigenvalue weighted by atomic mass is 32.1. The highest BCUT2D eigenvalue weighted by Gasteiger charge is 2.16. The average Bonchev–Trinajstić information content (AvgIpc) is 2.89. The molecule has 0 spiro atoms. The second-order valence-corrected chi connectivity index (χ2v) is 5.28. The van der Waals surface area contributed by atoms with Crippen molar-refractivity contribution in [3.05, 3.63) is 45.9 Å². The van der Waals surface area contributed by atoms with Crippen LogP contribution < -0.4 is 5.32 Å². The summed E-state index contributed by atoms with van der Waals surface area (Å²) in [5, 5.41) is 14.5. The third-order valence-electron chi connectivity index (χ3n) is 2.90. The molecule has 0 aliphatic carbocycles. The summed E-state index contributed by atoms with van der Waals surface area (Å²) in [6, 6.07) is 5.96. The Morgan fingerprint density at radius 2 is 2.37 bits per heavy atom. The summed E-state index contributed by atoms with van der Waals surface area (Å²) in [7, 11) is 0. The maximum absolute atomic E-state index is 11.2. The molecule has 100 valence electrons. The third kappa shape index (κ3) is 3.12. The van der Waals surface area contributed by atoms with Crippen LogP contribution >= 0.6 is 11.3 Å². The molecule has 0 radical (unpaired) electrons. The second kappa shape index (κ2) is 5.84. The van der Waals surface area contributed by atoms with Gasteiger partial charge in [-0.05, 0) is 30.9 Å². The standard InChI is InChI=1S/C14H16N2O2S/c1-3-11(13-5-4-6-19-13)16-12-7-9(2)15-8-10(12)14(17)18/h4-8,11H,3H2,1-2H3,(H,15,16)(H,17,18). The second-order valence-electron chi connectivity index (χ2n) is 4.30. The molecule has 0 fully saturated rings. The summed E-state index contributed by atoms with van der Waals surface area (Å²) < 4.78 is 0. The fourth-order valence-corrected chi connectivity index (χ4v) is 2.76. The van der Waals surface area contributed by atoms with Gasteiger partial charge in [0, 0.05) is 16.8 Å². The number of aromatic nitrogens is 1. The summed E-state index contributed by atoms with van der Waals surface area (Å²) in [6.45, 7) is 3.93. The predicted octanol–water partition coefficient (Wildman–Crippen LogP) is 3.71. The van der Waals surface area contributed by atoms with Gasteiger partial charge in [-0.25, -0.2) is 4.79 Å². The van der Waals surface area contributed by atoms with Crippen molar-refractivity contribution < 1.29 is 9.90 Å². The van der Waals surface area contributed by atoms with Gasteiger partial charge in [0.25, 0.3) is 0 Å². The van der Waals surface area contributed by atoms with Crippen LogP contribution in [0.4, 0.5) is 5.69 Å². The molecule has 1 atom stereocenters. The largest absolute Gasteiger partial charge is 0.478 e. The van der Waals surface area contributed by atoms with Gasteiger partial charge in [-0.2, -0.15) is 0 Å². The summed E-state index contributed by atoms with van der Waals surface area (Å²) >= 11 is 1.67. The monoisotopic (exact) mass is 276 g/mol. The molecule has 4 nitrogen and oxygen atoms in total. The van der Waals surface area contributed by atoms with Crippen LogP contribution in [0.25, 0.3) is 0 Å². The lowest BCUT2D eigenvalue weighted by Gasteiger charge is -2.18. The quantitative estimate of drug-likeness (QED) is 0.873. The number of carboxylic acid groups (broad SMARTS) is 1. The molecule has 2 aromatic heterocycles. The van der Waals surface area contributed by atoms with Crippen LogP contribution in [0, 0.1) is 6.92 Å². The summed E-state index contributed by atoms with van der Waals surface area (Å²) in [5.74, 6) is -0.962. The first kappa shape index (κ1) is 13.5. The Bertz CT molecular complexity index is 567. The lowest BCUT2D eigenvalue weighted by Crippen LogP contribution is -2.12. The molecular weight excluding hydrogens is 260 g/mol. The molecule has 0 saturated heterocycles. The molecular formula is C14H16N2O2S. The third-order valence-corrected chi connectivity index (χ3v) is 3.88. The topological polar surface area (TPSA) is 62.2 Å². The van der Waals surface area contributed by atoms with E-state index in [1.165, 1.54) is 11.1 Å². The van der Waals surface area contributed by atoms with Crippen LogP contribution in [0.3, 0.4) is 0 Å². The Morgan fingerprint density at radius 1 is 1.58 bits per heavy atom. The number of carbonyl (C=O) groups is 1. The summed E-state index contributed by atoms with van der Waals surface area (Å²) in [6.07, 6.45) is 2.29. The van der Waals surface area contributed by atoms with Crippen molar-refractivity contribution in [3.8, 4) is 0 Å². The van der Waals surface area contributed by atoms with Gasteiger partial charge in [0.1, 0.15) is 5.56 Å². The van der Waals surface area contributed by atoms with E-state index in [1.807, 2.05) is 18.4 Å². The van der Waals surface area contributed by atoms with E-state index in [-0.39, 0.29) is 11.6 Å². The van der Waals surface area contributed by atoms with E-state index < -0.39 is 5.97 Å². The van der Waals surface area contributed by atoms with Crippen molar-refractivity contribution in [2.75, 3.05) is 5.32 Å². The number of thiophene rings is 1. The molecule has 0 amide bonds. The maximum atomic E-state index is 11.2. The SMILES string of the molecule is CCC(Nc1cc(C)ncc1C(=O)O)c1cccs1. The van der Waals surface area contributed by atoms with E-state index in [9.17, 15) is 9.90 Å². The van der Waals surface area contributed by atoms with Crippen LogP contribution in [0.15, 0.2) is 29.8 Å². The number of hydrogen-bond donors (Lipinski definition) is 2. The van der Waals surface area contributed by atoms with E-state index in [4.69, 9.17) is 0 Å². The van der Waals surface area contributed by atoms with Gasteiger partial charge in [0.15, 0.2) is 0 Å². The van der Waals surface area contributed by atoms with E-state index in [0.717, 1.165) is 12.1 Å². The first-order valence-electron chi connectivity index (χ1n) is 6.11. The summed E-state index contributed by atoms with van der Waals surface area (Å²) in [5.41, 5.74) is 1.63. The smallest absolute Gasteiger partial charge is 0.339 e. The van der Waals surface area contributed by atoms with Crippen LogP contribution in [0.1, 0.15) is 40.3 Å². The number of nitrogens with one attached hydrogen (secondary N) is 1. The lowest BCUT2D eigenvalue weighted by atomic mass is 10.1. The molecule has 0 aromatic carbocycles. The minimum absolute atomic E-state index is 0.125. The Balaban J connectivity index is 2.31. The van der Waals surface area contributed by atoms with Crippen molar-refractivity contribution in [2.24, 2.45) is 0 Å². The maximum Gasteiger partial charge on any atom is 0.339 e. The average molecular weight is 276 g/mol. The first-order chi connectivity index (χ1) is 9.11. The molecule has 0 saturated carbocycles. The fraction of sp³-hybridized carbons (Fsp3) is 0.286. The zero-order valence-corrected chi connectivity index (χ0v) is 11.7. The molecule has 19 heavy (non-hydrogen) atoms. The van der Waals surface area contributed by atoms with E-state index in [1.54, 1.807) is 17.4 Å². The first-order valence-corrected chi connectivity index (χ1v) is 6.99. The van der Waals surface area contributed by atoms with Crippen LogP contribution in [-0.2, 0) is 0 Å². The Morgan fingerprint density at radius 3 is 2.95 bits per heavy atom. The van der Waals surface area contributed by atoms with E-state index >= 15 is 0 Å². The molecule has 2 heterocycles. The van der Waals surface area contributed by atoms with Crippen molar-refractivity contribution in [1.29, 1.82) is 0 Å². The van der Waals surface area contributed by atoms with Crippen LogP contribution in [-0.4, -0.2) is 16.1 Å². The van der Waals surface area contributed by atoms with Gasteiger partial charge < -0.3 is 10.4 Å². The van der Waals surface area contributed by atoms with Gasteiger partial charge in [-0.1, -0.05) is 13.0 Å². The van der Waals surface area contributed by atoms with Crippen LogP contribution in [0.5, 0.6) is 0 Å². The number of anilines is 1. The Kier molecular flexibility index (Phi) is 4.16. The highest BCUT2D eigenvalue weighted by molar-refractivity contribution is 7.10. The number of pyridine rings is 1. The van der Waals surface area contributed by atoms with Crippen molar-refractivity contribution in [2.45, 2.75) is 26.3 Å². The van der Waals surface area contributed by atoms with Gasteiger partial charge in [-0.15, -0.1) is 11.3 Å². The van der Waals surface area contributed by atoms with E-state index in [0.29, 0.717) is 5.69 Å². The van der Waals surface area contributed by atoms with Crippen LogP contribution in [0.2, 0.25) is 0 Å². The fourth-order valence-electron chi connectivity index (χ4n) is 1.90. The van der Waals surface area contributed by atoms with E-state index in [2.05, 4.69) is 23.3 Å². The van der Waals surface area contributed by atoms with Crippen molar-refractivity contribution in [3.63, 3.8) is 0 Å². The summed E-state index contributed by atoms with van der Waals surface area (Å²) in [4.78, 5) is 16.5. The zero-order chi connectivity index (χ0) is 13.8. The lowest BCUT2D eigenvalue weighted by molar-refractivity contribution is 0.0697. The van der Waals surface area contributed by atoms with Gasteiger partial charge >= 0.3 is 5.97 Å². The predicted molar refractivity (Wildman–Crippen MR) is 76.9 cm³/mol. The number of aromatic carboxylic acids is 1. The number of hydrogen-bond acceptors (Lipinski definition) is 4. The van der Waals surface area contributed by atoms with Gasteiger partial charge in [-0.3, -0.25) is 4.98 Å². The molecule has 0 aliphatic rings. The van der Waals surface area contributed by atoms with Gasteiger partial charge in [0.05, 0.1) is 11.7 Å². The Labute approximate surface area is 116 Å². The Hall–Kier alpha value is -1.88. The van der Waals surface area contributed by atoms with Gasteiger partial charge in [0.2, 0.25) is 0 Å². The normalized spacial score (nSPS) is 12.1. The molecule has 2 rings (SSSR count). The van der Waals surface area contributed by atoms with Crippen molar-refractivity contribution >= 4 is 23.0 Å². The minimum atomic E-state index is -0.962. The highest BCUT2D eigenvalue weighted by Crippen LogP contribution is 2.28. The number of carboxylic acids is 1. The molecule has 0 bridgehead atoms.